The second kappa shape index (κ2) is 12.4. The number of thioether (sulfide) groups is 1. The Balaban J connectivity index is 2.09. The highest BCUT2D eigenvalue weighted by atomic mass is 32.2. The molecule has 0 spiro atoms. The van der Waals surface area contributed by atoms with Crippen LogP contribution in [0.2, 0.25) is 0 Å². The minimum atomic E-state index is -1.21. The predicted molar refractivity (Wildman–Crippen MR) is 125 cm³/mol. The number of nitrogens with one attached hydrogen (secondary N) is 2. The van der Waals surface area contributed by atoms with Gasteiger partial charge in [-0.25, -0.2) is 4.79 Å². The number of aliphatic carboxylic acids is 1. The number of aromatic hydroxyl groups is 1. The molecule has 4 unspecified atom stereocenters. The van der Waals surface area contributed by atoms with Gasteiger partial charge in [-0.15, -0.1) is 0 Å². The van der Waals surface area contributed by atoms with Crippen molar-refractivity contribution in [3.8, 4) is 5.75 Å². The van der Waals surface area contributed by atoms with Crippen molar-refractivity contribution in [2.24, 2.45) is 5.73 Å². The Morgan fingerprint density at radius 1 is 1.18 bits per heavy atom. The molecule has 1 aliphatic heterocycles. The van der Waals surface area contributed by atoms with Crippen molar-refractivity contribution in [1.82, 2.24) is 15.5 Å². The van der Waals surface area contributed by atoms with E-state index >= 15 is 0 Å². The fraction of sp³-hybridized carbons (Fsp3) is 0.545. The summed E-state index contributed by atoms with van der Waals surface area (Å²) < 4.78 is 0. The van der Waals surface area contributed by atoms with Crippen LogP contribution in [0.15, 0.2) is 24.3 Å². The van der Waals surface area contributed by atoms with Gasteiger partial charge >= 0.3 is 5.97 Å². The maximum atomic E-state index is 12.9. The van der Waals surface area contributed by atoms with Gasteiger partial charge in [-0.1, -0.05) is 12.1 Å². The lowest BCUT2D eigenvalue weighted by Gasteiger charge is -2.28. The standard InChI is InChI=1S/C22H32N4O6S/c1-13(23)21(30)26-10-3-4-18(26)20(29)24-16(9-11-33-2)19(28)25-17(22(31)32)12-14-5-7-15(27)8-6-14/h5-8,13,16-18,27H,3-4,9-12,23H2,1-2H3,(H,24,29)(H,25,28)(H,31,32). The van der Waals surface area contributed by atoms with Crippen LogP contribution >= 0.6 is 11.8 Å². The zero-order valence-electron chi connectivity index (χ0n) is 18.8. The summed E-state index contributed by atoms with van der Waals surface area (Å²) >= 11 is 1.49. The number of carbonyl (C=O) groups is 4. The summed E-state index contributed by atoms with van der Waals surface area (Å²) in [6, 6.07) is 2.44. The Morgan fingerprint density at radius 3 is 2.42 bits per heavy atom. The summed E-state index contributed by atoms with van der Waals surface area (Å²) in [7, 11) is 0. The molecule has 33 heavy (non-hydrogen) atoms. The molecule has 182 valence electrons. The summed E-state index contributed by atoms with van der Waals surface area (Å²) in [4.78, 5) is 51.4. The number of amides is 3. The van der Waals surface area contributed by atoms with E-state index in [1.54, 1.807) is 19.1 Å². The van der Waals surface area contributed by atoms with Crippen molar-refractivity contribution in [2.45, 2.75) is 56.8 Å². The van der Waals surface area contributed by atoms with Crippen LogP contribution in [0.25, 0.3) is 0 Å². The number of hydrogen-bond donors (Lipinski definition) is 5. The Morgan fingerprint density at radius 2 is 1.85 bits per heavy atom. The first-order valence-electron chi connectivity index (χ1n) is 10.8. The summed E-state index contributed by atoms with van der Waals surface area (Å²) in [6.45, 7) is 1.98. The summed E-state index contributed by atoms with van der Waals surface area (Å²) in [5.41, 5.74) is 6.31. The van der Waals surface area contributed by atoms with E-state index in [-0.39, 0.29) is 18.1 Å². The molecule has 6 N–H and O–H groups in total. The molecule has 1 fully saturated rings. The first-order valence-corrected chi connectivity index (χ1v) is 12.2. The number of carbonyl (C=O) groups excluding carboxylic acids is 3. The molecule has 4 atom stereocenters. The van der Waals surface area contributed by atoms with Gasteiger partial charge in [-0.2, -0.15) is 11.8 Å². The first kappa shape index (κ1) is 26.5. The van der Waals surface area contributed by atoms with Gasteiger partial charge in [0.25, 0.3) is 0 Å². The van der Waals surface area contributed by atoms with Gasteiger partial charge in [-0.3, -0.25) is 14.4 Å². The predicted octanol–water partition coefficient (Wildman–Crippen LogP) is 0.0802. The number of rotatable bonds is 11. The topological polar surface area (TPSA) is 162 Å². The zero-order chi connectivity index (χ0) is 24.5. The lowest BCUT2D eigenvalue weighted by molar-refractivity contribution is -0.143. The van der Waals surface area contributed by atoms with Gasteiger partial charge in [0, 0.05) is 13.0 Å². The number of phenols is 1. The SMILES string of the molecule is CSCCC(NC(=O)C1CCCN1C(=O)C(C)N)C(=O)NC(Cc1ccc(O)cc1)C(=O)O. The maximum Gasteiger partial charge on any atom is 0.326 e. The number of nitrogens with zero attached hydrogens (tertiary/aromatic N) is 1. The molecule has 1 aromatic carbocycles. The molecule has 1 saturated heterocycles. The van der Waals surface area contributed by atoms with E-state index in [1.807, 2.05) is 6.26 Å². The quantitative estimate of drug-likeness (QED) is 0.297. The molecule has 11 heteroatoms. The maximum absolute atomic E-state index is 12.9. The molecule has 1 aromatic rings. The van der Waals surface area contributed by atoms with Crippen LogP contribution in [0, 0.1) is 0 Å². The van der Waals surface area contributed by atoms with E-state index in [1.165, 1.54) is 28.8 Å². The van der Waals surface area contributed by atoms with Crippen LogP contribution in [0.5, 0.6) is 5.75 Å². The first-order chi connectivity index (χ1) is 15.6. The fourth-order valence-electron chi connectivity index (χ4n) is 3.68. The van der Waals surface area contributed by atoms with E-state index in [0.717, 1.165) is 0 Å². The fourth-order valence-corrected chi connectivity index (χ4v) is 4.15. The second-order valence-electron chi connectivity index (χ2n) is 8.09. The molecule has 10 nitrogen and oxygen atoms in total. The largest absolute Gasteiger partial charge is 0.508 e. The smallest absolute Gasteiger partial charge is 0.326 e. The minimum Gasteiger partial charge on any atom is -0.508 e. The normalized spacial score (nSPS) is 18.3. The average Bonchev–Trinajstić information content (AvgIpc) is 3.26. The molecule has 0 saturated carbocycles. The minimum absolute atomic E-state index is 0.0177. The number of carboxylic acids is 1. The number of likely N-dealkylation sites (tertiary alicyclic amines) is 1. The van der Waals surface area contributed by atoms with Gasteiger partial charge in [0.1, 0.15) is 23.9 Å². The monoisotopic (exact) mass is 480 g/mol. The molecule has 1 heterocycles. The van der Waals surface area contributed by atoms with Gasteiger partial charge in [0.05, 0.1) is 6.04 Å². The lowest BCUT2D eigenvalue weighted by Crippen LogP contribution is -2.56. The van der Waals surface area contributed by atoms with Crippen LogP contribution in [0.3, 0.4) is 0 Å². The third-order valence-electron chi connectivity index (χ3n) is 5.46. The molecule has 2 rings (SSSR count). The Kier molecular flexibility index (Phi) is 9.98. The van der Waals surface area contributed by atoms with E-state index < -0.39 is 42.0 Å². The number of nitrogens with two attached hydrogens (primary N) is 1. The Hall–Kier alpha value is -2.79. The van der Waals surface area contributed by atoms with Crippen molar-refractivity contribution in [3.63, 3.8) is 0 Å². The molecular formula is C22H32N4O6S. The molecular weight excluding hydrogens is 448 g/mol. The highest BCUT2D eigenvalue weighted by Crippen LogP contribution is 2.19. The average molecular weight is 481 g/mol. The van der Waals surface area contributed by atoms with Crippen LogP contribution in [-0.2, 0) is 25.6 Å². The van der Waals surface area contributed by atoms with Crippen molar-refractivity contribution in [3.05, 3.63) is 29.8 Å². The van der Waals surface area contributed by atoms with Gasteiger partial charge in [0.15, 0.2) is 0 Å². The number of phenolic OH excluding ortho intramolecular Hbond substituents is 1. The van der Waals surface area contributed by atoms with Gasteiger partial charge in [0.2, 0.25) is 17.7 Å². The third kappa shape index (κ3) is 7.64. The molecule has 0 aromatic heterocycles. The molecule has 0 bridgehead atoms. The van der Waals surface area contributed by atoms with E-state index in [9.17, 15) is 29.4 Å². The highest BCUT2D eigenvalue weighted by Gasteiger charge is 2.37. The highest BCUT2D eigenvalue weighted by molar-refractivity contribution is 7.98. The van der Waals surface area contributed by atoms with Crippen LogP contribution in [0.1, 0.15) is 31.7 Å². The van der Waals surface area contributed by atoms with E-state index in [0.29, 0.717) is 37.1 Å². The molecule has 0 aliphatic carbocycles. The summed E-state index contributed by atoms with van der Waals surface area (Å²) in [5.74, 6) is -1.97. The van der Waals surface area contributed by atoms with Crippen LogP contribution < -0.4 is 16.4 Å². The Bertz CT molecular complexity index is 848. The second-order valence-corrected chi connectivity index (χ2v) is 9.08. The summed E-state index contributed by atoms with van der Waals surface area (Å²) in [6.07, 6.45) is 3.31. The van der Waals surface area contributed by atoms with Crippen molar-refractivity contribution in [2.75, 3.05) is 18.6 Å². The van der Waals surface area contributed by atoms with E-state index in [4.69, 9.17) is 5.73 Å². The van der Waals surface area contributed by atoms with E-state index in [2.05, 4.69) is 10.6 Å². The number of benzene rings is 1. The molecule has 3 amide bonds. The van der Waals surface area contributed by atoms with Crippen molar-refractivity contribution >= 4 is 35.5 Å². The van der Waals surface area contributed by atoms with Crippen molar-refractivity contribution in [1.29, 1.82) is 0 Å². The van der Waals surface area contributed by atoms with Gasteiger partial charge < -0.3 is 31.5 Å². The molecule has 1 aliphatic rings. The van der Waals surface area contributed by atoms with Crippen LogP contribution in [0.4, 0.5) is 0 Å². The lowest BCUT2D eigenvalue weighted by atomic mass is 10.0. The Labute approximate surface area is 197 Å². The zero-order valence-corrected chi connectivity index (χ0v) is 19.6. The molecule has 0 radical (unpaired) electrons. The summed E-state index contributed by atoms with van der Waals surface area (Å²) in [5, 5.41) is 24.2. The van der Waals surface area contributed by atoms with Crippen molar-refractivity contribution < 1.29 is 29.4 Å². The third-order valence-corrected chi connectivity index (χ3v) is 6.11. The number of hydrogen-bond acceptors (Lipinski definition) is 7. The van der Waals surface area contributed by atoms with Crippen LogP contribution in [-0.4, -0.2) is 81.5 Å². The number of carboxylic acid groups (broad SMARTS) is 1. The van der Waals surface area contributed by atoms with Gasteiger partial charge in [-0.05, 0) is 55.9 Å².